The van der Waals surface area contributed by atoms with Gasteiger partial charge in [0.1, 0.15) is 0 Å². The van der Waals surface area contributed by atoms with Crippen LogP contribution in [0.5, 0.6) is 0 Å². The molecule has 0 saturated carbocycles. The van der Waals surface area contributed by atoms with Crippen molar-refractivity contribution in [1.29, 1.82) is 0 Å². The Labute approximate surface area is 164 Å². The van der Waals surface area contributed by atoms with Crippen LogP contribution in [0.1, 0.15) is 0 Å². The zero-order valence-electron chi connectivity index (χ0n) is 15.2. The number of fused-ring (bicyclic) bond motifs is 2. The second kappa shape index (κ2) is 6.20. The number of azo groups is 1. The molecule has 1 aliphatic rings. The van der Waals surface area contributed by atoms with Gasteiger partial charge in [-0.3, -0.25) is 0 Å². The molecule has 1 N–H and O–H groups in total. The zero-order valence-corrected chi connectivity index (χ0v) is 16.1. The Morgan fingerprint density at radius 1 is 0.536 bits per heavy atom. The summed E-state index contributed by atoms with van der Waals surface area (Å²) >= 11 is 0. The van der Waals surface area contributed by atoms with Crippen molar-refractivity contribution < 1.29 is 4.89 Å². The maximum atomic E-state index is 13.2. The predicted octanol–water partition coefficient (Wildman–Crippen LogP) is 4.48. The topological polar surface area (TPSA) is 45.0 Å². The van der Waals surface area contributed by atoms with Crippen LogP contribution in [0, 0.1) is 0 Å². The summed E-state index contributed by atoms with van der Waals surface area (Å²) in [6.07, 6.45) is 0. The van der Waals surface area contributed by atoms with Gasteiger partial charge in [-0.1, -0.05) is 0 Å². The third kappa shape index (κ3) is 2.18. The SMILES string of the molecule is OP(c1ccccc1)(c1ccccc1)(c1ccccc1)c1ccc2cc1N=N2. The van der Waals surface area contributed by atoms with E-state index in [0.29, 0.717) is 0 Å². The molecule has 4 aromatic rings. The van der Waals surface area contributed by atoms with E-state index in [2.05, 4.69) is 10.2 Å². The van der Waals surface area contributed by atoms with Gasteiger partial charge in [-0.15, -0.1) is 0 Å². The average Bonchev–Trinajstić information content (AvgIpc) is 3.15. The van der Waals surface area contributed by atoms with Gasteiger partial charge >= 0.3 is 164 Å². The van der Waals surface area contributed by atoms with Crippen molar-refractivity contribution in [3.05, 3.63) is 109 Å². The molecule has 136 valence electrons. The Balaban J connectivity index is 2.02. The van der Waals surface area contributed by atoms with Crippen molar-refractivity contribution >= 4 is 39.4 Å². The second-order valence-corrected chi connectivity index (χ2v) is 11.1. The molecular formula is C24H19N2OP. The minimum absolute atomic E-state index is 0.731. The van der Waals surface area contributed by atoms with Crippen molar-refractivity contribution in [2.75, 3.05) is 0 Å². The molecular weight excluding hydrogens is 363 g/mol. The zero-order chi connectivity index (χ0) is 19.1. The third-order valence-corrected chi connectivity index (χ3v) is 10.7. The van der Waals surface area contributed by atoms with Crippen molar-refractivity contribution in [3.63, 3.8) is 0 Å². The van der Waals surface area contributed by atoms with Crippen LogP contribution in [0.25, 0.3) is 0 Å². The molecule has 4 aromatic carbocycles. The molecule has 0 unspecified atom stereocenters. The summed E-state index contributed by atoms with van der Waals surface area (Å²) in [5.74, 6) is 0. The molecule has 4 heteroatoms. The van der Waals surface area contributed by atoms with E-state index in [1.54, 1.807) is 0 Å². The fourth-order valence-electron chi connectivity index (χ4n) is 4.15. The minimum atomic E-state index is -4.01. The number of hydrogen-bond acceptors (Lipinski definition) is 3. The Bertz CT molecular complexity index is 1080. The van der Waals surface area contributed by atoms with Crippen molar-refractivity contribution in [1.82, 2.24) is 0 Å². The number of nitrogens with zero attached hydrogens (tertiary/aromatic N) is 2. The molecule has 1 heterocycles. The van der Waals surface area contributed by atoms with E-state index in [9.17, 15) is 4.89 Å². The van der Waals surface area contributed by atoms with Crippen LogP contribution in [-0.4, -0.2) is 4.89 Å². The summed E-state index contributed by atoms with van der Waals surface area (Å²) in [7, 11) is 0. The predicted molar refractivity (Wildman–Crippen MR) is 118 cm³/mol. The Hall–Kier alpha value is -3.13. The van der Waals surface area contributed by atoms with Gasteiger partial charge in [0.15, 0.2) is 0 Å². The molecule has 5 rings (SSSR count). The normalized spacial score (nSPS) is 13.8. The Morgan fingerprint density at radius 2 is 1.00 bits per heavy atom. The van der Waals surface area contributed by atoms with Crippen LogP contribution in [-0.2, 0) is 0 Å². The summed E-state index contributed by atoms with van der Waals surface area (Å²) in [6.45, 7) is -4.01. The van der Waals surface area contributed by atoms with E-state index >= 15 is 0 Å². The molecule has 28 heavy (non-hydrogen) atoms. The second-order valence-electron chi connectivity index (χ2n) is 6.95. The number of rotatable bonds is 4. The fourth-order valence-corrected chi connectivity index (χ4v) is 9.06. The van der Waals surface area contributed by atoms with Crippen LogP contribution < -0.4 is 21.2 Å². The summed E-state index contributed by atoms with van der Waals surface area (Å²) in [5, 5.41) is 12.1. The van der Waals surface area contributed by atoms with Crippen LogP contribution in [0.3, 0.4) is 0 Å². The van der Waals surface area contributed by atoms with Crippen LogP contribution in [0.15, 0.2) is 119 Å². The summed E-state index contributed by atoms with van der Waals surface area (Å²) in [6, 6.07) is 35.8. The van der Waals surface area contributed by atoms with E-state index < -0.39 is 6.83 Å². The molecule has 0 fully saturated rings. The quantitative estimate of drug-likeness (QED) is 0.458. The summed E-state index contributed by atoms with van der Waals surface area (Å²) in [5.41, 5.74) is 1.55. The van der Waals surface area contributed by atoms with E-state index in [4.69, 9.17) is 0 Å². The van der Waals surface area contributed by atoms with Crippen LogP contribution in [0.2, 0.25) is 0 Å². The molecule has 2 bridgehead atoms. The van der Waals surface area contributed by atoms with Crippen LogP contribution in [0.4, 0.5) is 11.4 Å². The molecule has 1 aliphatic heterocycles. The van der Waals surface area contributed by atoms with Gasteiger partial charge < -0.3 is 0 Å². The Morgan fingerprint density at radius 3 is 1.46 bits per heavy atom. The fraction of sp³-hybridized carbons (Fsp3) is 0. The van der Waals surface area contributed by atoms with Gasteiger partial charge in [0.2, 0.25) is 0 Å². The first-order valence-electron chi connectivity index (χ1n) is 9.21. The van der Waals surface area contributed by atoms with Gasteiger partial charge in [0.25, 0.3) is 0 Å². The first-order chi connectivity index (χ1) is 13.7. The first kappa shape index (κ1) is 17.0. The van der Waals surface area contributed by atoms with Crippen molar-refractivity contribution in [2.24, 2.45) is 10.2 Å². The average molecular weight is 382 g/mol. The van der Waals surface area contributed by atoms with Crippen LogP contribution >= 0.6 is 6.83 Å². The first-order valence-corrected chi connectivity index (χ1v) is 11.4. The Kier molecular flexibility index (Phi) is 3.77. The van der Waals surface area contributed by atoms with E-state index in [1.165, 1.54) is 0 Å². The summed E-state index contributed by atoms with van der Waals surface area (Å²) in [4.78, 5) is 13.2. The summed E-state index contributed by atoms with van der Waals surface area (Å²) < 4.78 is 0. The van der Waals surface area contributed by atoms with Gasteiger partial charge in [0, 0.05) is 0 Å². The van der Waals surface area contributed by atoms with E-state index in [-0.39, 0.29) is 0 Å². The monoisotopic (exact) mass is 382 g/mol. The van der Waals surface area contributed by atoms with Gasteiger partial charge in [-0.2, -0.15) is 0 Å². The van der Waals surface area contributed by atoms with Gasteiger partial charge in [-0.25, -0.2) is 0 Å². The molecule has 0 atom stereocenters. The number of hydrogen-bond donors (Lipinski definition) is 1. The maximum absolute atomic E-state index is 13.2. The molecule has 0 amide bonds. The van der Waals surface area contributed by atoms with Gasteiger partial charge in [0.05, 0.1) is 0 Å². The molecule has 0 radical (unpaired) electrons. The van der Waals surface area contributed by atoms with Gasteiger partial charge in [-0.05, 0) is 0 Å². The third-order valence-electron chi connectivity index (χ3n) is 5.48. The van der Waals surface area contributed by atoms with E-state index in [0.717, 1.165) is 32.6 Å². The van der Waals surface area contributed by atoms with Crippen molar-refractivity contribution in [3.8, 4) is 0 Å². The molecule has 3 nitrogen and oxygen atoms in total. The van der Waals surface area contributed by atoms with Crippen molar-refractivity contribution in [2.45, 2.75) is 0 Å². The molecule has 0 spiro atoms. The van der Waals surface area contributed by atoms with E-state index in [1.807, 2.05) is 109 Å². The molecule has 0 saturated heterocycles. The molecule has 0 aromatic heterocycles. The number of benzene rings is 4. The standard InChI is InChI=1S/C24H19N2OP/c27-28(20-10-4-1-5-11-20,21-12-6-2-7-13-21,22-14-8-3-9-15-22)24-17-16-19-18-23(24)26-25-19/h1-18,27H. The molecule has 0 aliphatic carbocycles.